The van der Waals surface area contributed by atoms with Gasteiger partial charge in [0.25, 0.3) is 5.56 Å². The van der Waals surface area contributed by atoms with Gasteiger partial charge in [-0.05, 0) is 36.5 Å². The van der Waals surface area contributed by atoms with Crippen LogP contribution < -0.4 is 17.0 Å². The summed E-state index contributed by atoms with van der Waals surface area (Å²) in [6, 6.07) is 0. The van der Waals surface area contributed by atoms with E-state index in [4.69, 9.17) is 62.6 Å². The Morgan fingerprint density at radius 1 is 1.07 bits per heavy atom. The van der Waals surface area contributed by atoms with Crippen molar-refractivity contribution in [2.24, 2.45) is 0 Å². The highest BCUT2D eigenvalue weighted by Gasteiger charge is 2.75. The molecule has 8 rings (SSSR count). The number of nitrogens with zero attached hydrogens (tertiary/aromatic N) is 8. The fourth-order valence-electron chi connectivity index (χ4n) is 6.39. The zero-order chi connectivity index (χ0) is 32.2. The summed E-state index contributed by atoms with van der Waals surface area (Å²) in [7, 11) is 0. The third-order valence-electron chi connectivity index (χ3n) is 8.60. The molecule has 1 aliphatic carbocycles. The molecule has 4 aromatic heterocycles. The van der Waals surface area contributed by atoms with Crippen LogP contribution in [0.25, 0.3) is 22.3 Å². The lowest BCUT2D eigenvalue weighted by Crippen LogP contribution is -2.67. The monoisotopic (exact) mass is 717 g/mol. The quantitative estimate of drug-likeness (QED) is 0.133. The van der Waals surface area contributed by atoms with Crippen molar-refractivity contribution in [3.8, 4) is 0 Å². The van der Waals surface area contributed by atoms with E-state index < -0.39 is 67.6 Å². The lowest BCUT2D eigenvalue weighted by molar-refractivity contribution is -0.218. The van der Waals surface area contributed by atoms with E-state index in [9.17, 15) is 19.7 Å². The summed E-state index contributed by atoms with van der Waals surface area (Å²) < 4.78 is 38.8. The molecule has 3 saturated heterocycles. The number of aromatic amines is 1. The van der Waals surface area contributed by atoms with Crippen LogP contribution in [0.2, 0.25) is 0 Å². The maximum atomic E-state index is 12.3. The molecule has 46 heavy (non-hydrogen) atoms. The molecular weight excluding hydrogens is 692 g/mol. The molecule has 8 N–H and O–H groups in total. The van der Waals surface area contributed by atoms with Crippen LogP contribution >= 0.6 is 13.4 Å². The lowest BCUT2D eigenvalue weighted by atomic mass is 9.64. The van der Waals surface area contributed by atoms with Crippen LogP contribution in [0.1, 0.15) is 31.7 Å². The molecule has 25 heteroatoms. The molecule has 21 nitrogen and oxygen atoms in total. The number of fused-ring (bicyclic) bond motifs is 4. The van der Waals surface area contributed by atoms with Crippen molar-refractivity contribution in [1.82, 2.24) is 44.5 Å². The molecule has 4 unspecified atom stereocenters. The van der Waals surface area contributed by atoms with Gasteiger partial charge in [0.2, 0.25) is 5.95 Å². The van der Waals surface area contributed by atoms with Gasteiger partial charge in [0.05, 0.1) is 25.6 Å². The van der Waals surface area contributed by atoms with Crippen LogP contribution in [0.5, 0.6) is 0 Å². The van der Waals surface area contributed by atoms with E-state index in [-0.39, 0.29) is 60.0 Å². The third kappa shape index (κ3) is 4.65. The van der Waals surface area contributed by atoms with Crippen LogP contribution in [0.4, 0.5) is 11.8 Å². The second kappa shape index (κ2) is 10.4. The number of aliphatic hydroxyl groups is 1. The Kier molecular flexibility index (Phi) is 6.96. The predicted molar refractivity (Wildman–Crippen MR) is 160 cm³/mol. The summed E-state index contributed by atoms with van der Waals surface area (Å²) in [6.07, 6.45) is -2.51. The Hall–Kier alpha value is -2.63. The molecule has 0 amide bonds. The number of aromatic nitrogens is 9. The van der Waals surface area contributed by atoms with Crippen molar-refractivity contribution in [3.05, 3.63) is 23.0 Å². The minimum absolute atomic E-state index is 0.0121. The van der Waals surface area contributed by atoms with Crippen LogP contribution in [0.3, 0.4) is 0 Å². The molecule has 9 atom stereocenters. The Labute approximate surface area is 266 Å². The van der Waals surface area contributed by atoms with Crippen LogP contribution in [0.15, 0.2) is 17.4 Å². The number of hydrogen-bond acceptors (Lipinski definition) is 18. The topological polar surface area (TPSA) is 288 Å². The summed E-state index contributed by atoms with van der Waals surface area (Å²) in [5.74, 6) is -0.0673. The van der Waals surface area contributed by atoms with Gasteiger partial charge in [-0.2, -0.15) is 9.67 Å². The standard InChI is InChI=1S/C21H25N11O10P2S2/c22-13-10-14(25-6-24-13)31(7-26-10)18-12(33)21-2-1-20(21,40-18)5-38-43(35,45)41-9-3-8(4-37-44(36,46)42-21)39-17(9)32-15-11(29-30-32)16(34)28-19(23)27-15/h6-9,12,17-18,33H,1-5H2,(H,35,45)(H,36,46)(H2,22,24,25)(H3,23,27,28,34)/t8-,9+,12-,17+,18?,20+,21?,43?,44?/m0/s1. The number of nitrogens with one attached hydrogen (secondary N) is 1. The van der Waals surface area contributed by atoms with Gasteiger partial charge in [-0.3, -0.25) is 18.9 Å². The zero-order valence-corrected chi connectivity index (χ0v) is 26.6. The van der Waals surface area contributed by atoms with Gasteiger partial charge in [0, 0.05) is 6.42 Å². The highest BCUT2D eigenvalue weighted by Crippen LogP contribution is 2.66. The van der Waals surface area contributed by atoms with E-state index in [0.717, 1.165) is 0 Å². The largest absolute Gasteiger partial charge is 0.385 e. The molecule has 0 spiro atoms. The fourth-order valence-corrected chi connectivity index (χ4v) is 9.61. The summed E-state index contributed by atoms with van der Waals surface area (Å²) in [4.78, 5) is 53.8. The maximum absolute atomic E-state index is 12.3. The van der Waals surface area contributed by atoms with E-state index in [2.05, 4.69) is 35.2 Å². The van der Waals surface area contributed by atoms with Crippen molar-refractivity contribution in [2.45, 2.75) is 61.2 Å². The van der Waals surface area contributed by atoms with E-state index in [0.29, 0.717) is 0 Å². The molecule has 3 aliphatic heterocycles. The molecule has 4 fully saturated rings. The SMILES string of the molecule is Nc1nc2c(nnn2[C@@H]2O[C@@H]3COP(O)(=S)OC45CC[C@]4(COP(O)(=S)O[C@@H]2C3)OC(n2cnc3c(N)ncnc32)[C@@H]5O)c(=O)[nH]1. The number of hydrogen-bond donors (Lipinski definition) is 6. The highest BCUT2D eigenvalue weighted by molar-refractivity contribution is 8.07. The summed E-state index contributed by atoms with van der Waals surface area (Å²) >= 11 is 10.8. The fraction of sp³-hybridized carbons (Fsp3) is 0.571. The number of ether oxygens (including phenoxy) is 2. The van der Waals surface area contributed by atoms with Crippen LogP contribution in [-0.4, -0.2) is 102 Å². The average molecular weight is 718 g/mol. The Morgan fingerprint density at radius 3 is 2.67 bits per heavy atom. The molecule has 4 aromatic rings. The Morgan fingerprint density at radius 2 is 1.89 bits per heavy atom. The van der Waals surface area contributed by atoms with Crippen molar-refractivity contribution < 1.29 is 42.5 Å². The molecular formula is C21H25N11O10P2S2. The van der Waals surface area contributed by atoms with Gasteiger partial charge in [-0.1, -0.05) is 5.21 Å². The molecule has 0 aromatic carbocycles. The number of H-pyrrole nitrogens is 1. The van der Waals surface area contributed by atoms with E-state index >= 15 is 0 Å². The molecule has 0 radical (unpaired) electrons. The van der Waals surface area contributed by atoms with Crippen molar-refractivity contribution in [3.63, 3.8) is 0 Å². The number of aliphatic hydroxyl groups excluding tert-OH is 1. The predicted octanol–water partition coefficient (Wildman–Crippen LogP) is -1.15. The van der Waals surface area contributed by atoms with Crippen LogP contribution in [-0.2, 0) is 51.2 Å². The molecule has 4 aliphatic rings. The van der Waals surface area contributed by atoms with Gasteiger partial charge < -0.3 is 49.4 Å². The van der Waals surface area contributed by atoms with E-state index in [1.54, 1.807) is 0 Å². The number of nitrogens with two attached hydrogens (primary N) is 2. The third-order valence-corrected chi connectivity index (χ3v) is 11.7. The Bertz CT molecular complexity index is 2050. The number of anilines is 2. The van der Waals surface area contributed by atoms with E-state index in [1.165, 1.54) is 21.9 Å². The van der Waals surface area contributed by atoms with Crippen molar-refractivity contribution in [2.75, 3.05) is 24.7 Å². The first-order valence-electron chi connectivity index (χ1n) is 13.7. The number of rotatable bonds is 2. The van der Waals surface area contributed by atoms with Gasteiger partial charge in [0.15, 0.2) is 35.1 Å². The first-order chi connectivity index (χ1) is 21.8. The highest BCUT2D eigenvalue weighted by atomic mass is 32.5. The normalized spacial score (nSPS) is 39.7. The zero-order valence-electron chi connectivity index (χ0n) is 23.2. The molecule has 2 bridgehead atoms. The maximum Gasteiger partial charge on any atom is 0.325 e. The second-order valence-electron chi connectivity index (χ2n) is 11.2. The molecule has 246 valence electrons. The minimum Gasteiger partial charge on any atom is -0.385 e. The minimum atomic E-state index is -4.11. The number of nitrogen functional groups attached to an aromatic ring is 2. The first kappa shape index (κ1) is 30.7. The number of imidazole rings is 1. The van der Waals surface area contributed by atoms with Crippen LogP contribution in [0, 0.1) is 0 Å². The van der Waals surface area contributed by atoms with Crippen molar-refractivity contribution in [1.29, 1.82) is 0 Å². The van der Waals surface area contributed by atoms with Gasteiger partial charge in [-0.15, -0.1) is 5.10 Å². The lowest BCUT2D eigenvalue weighted by Gasteiger charge is -2.53. The average Bonchev–Trinajstić information content (AvgIpc) is 3.73. The summed E-state index contributed by atoms with van der Waals surface area (Å²) in [5, 5.41) is 19.6. The second-order valence-corrected chi connectivity index (χ2v) is 16.8. The van der Waals surface area contributed by atoms with Gasteiger partial charge in [0.1, 0.15) is 35.3 Å². The van der Waals surface area contributed by atoms with Crippen molar-refractivity contribution >= 4 is 71.1 Å². The molecule has 7 heterocycles. The first-order valence-corrected chi connectivity index (χ1v) is 18.9. The van der Waals surface area contributed by atoms with E-state index in [1.807, 2.05) is 0 Å². The smallest absolute Gasteiger partial charge is 0.325 e. The Balaban J connectivity index is 1.14. The summed E-state index contributed by atoms with van der Waals surface area (Å²) in [6.45, 7) is -8.94. The van der Waals surface area contributed by atoms with Gasteiger partial charge in [-0.25, -0.2) is 15.0 Å². The summed E-state index contributed by atoms with van der Waals surface area (Å²) in [5.41, 5.74) is 8.35. The van der Waals surface area contributed by atoms with Gasteiger partial charge >= 0.3 is 13.4 Å². The molecule has 1 saturated carbocycles.